The molecule has 0 aromatic rings. The molecule has 0 aromatic heterocycles. The Morgan fingerprint density at radius 1 is 1.56 bits per heavy atom. The summed E-state index contributed by atoms with van der Waals surface area (Å²) in [6, 6.07) is 0. The molecular weight excluding hydrogens is 118 g/mol. The van der Waals surface area contributed by atoms with Crippen LogP contribution in [0, 0.1) is 0 Å². The van der Waals surface area contributed by atoms with E-state index in [0.29, 0.717) is 0 Å². The lowest BCUT2D eigenvalue weighted by Gasteiger charge is -1.84. The van der Waals surface area contributed by atoms with Crippen LogP contribution in [-0.2, 0) is 0 Å². The Labute approximate surface area is 53.7 Å². The molecule has 50 valence electrons. The van der Waals surface area contributed by atoms with Gasteiger partial charge in [0.05, 0.1) is 0 Å². The molecule has 3 nitrogen and oxygen atoms in total. The van der Waals surface area contributed by atoms with Gasteiger partial charge in [-0.25, -0.2) is 4.79 Å². The van der Waals surface area contributed by atoms with Crippen LogP contribution in [0.5, 0.6) is 0 Å². The van der Waals surface area contributed by atoms with Gasteiger partial charge in [-0.05, 0) is 13.0 Å². The Kier molecular flexibility index (Phi) is 4.22. The molecule has 2 N–H and O–H groups in total. The first-order valence-corrected chi connectivity index (χ1v) is 2.54. The van der Waals surface area contributed by atoms with Gasteiger partial charge in [-0.1, -0.05) is 12.2 Å². The monoisotopic (exact) mass is 127 g/mol. The van der Waals surface area contributed by atoms with Gasteiger partial charge in [-0.3, -0.25) is 5.32 Å². The summed E-state index contributed by atoms with van der Waals surface area (Å²) in [5, 5.41) is 10.1. The fraction of sp³-hybridized carbons (Fsp3) is 0.167. The van der Waals surface area contributed by atoms with Gasteiger partial charge in [0.2, 0.25) is 0 Å². The van der Waals surface area contributed by atoms with Crippen molar-refractivity contribution < 1.29 is 9.90 Å². The van der Waals surface area contributed by atoms with E-state index in [2.05, 4.69) is 5.32 Å². The average Bonchev–Trinajstić information content (AvgIpc) is 1.80. The quantitative estimate of drug-likeness (QED) is 0.550. The van der Waals surface area contributed by atoms with Crippen LogP contribution < -0.4 is 5.32 Å². The minimum Gasteiger partial charge on any atom is -0.465 e. The first-order chi connectivity index (χ1) is 4.27. The summed E-state index contributed by atoms with van der Waals surface area (Å²) in [6.07, 6.45) is 5.45. The standard InChI is InChI=1S/C6H9NO2/c1-2-3-4-5-7-6(8)9/h2-5,7H,1H3,(H,8,9)/b3-2+,5-4+. The second-order valence-corrected chi connectivity index (χ2v) is 1.33. The van der Waals surface area contributed by atoms with Crippen molar-refractivity contribution in [1.29, 1.82) is 0 Å². The fourth-order valence-corrected chi connectivity index (χ4v) is 0.286. The van der Waals surface area contributed by atoms with E-state index >= 15 is 0 Å². The second kappa shape index (κ2) is 4.90. The van der Waals surface area contributed by atoms with E-state index in [1.807, 2.05) is 6.92 Å². The molecule has 0 bridgehead atoms. The highest BCUT2D eigenvalue weighted by atomic mass is 16.4. The van der Waals surface area contributed by atoms with Gasteiger partial charge in [-0.15, -0.1) is 0 Å². The van der Waals surface area contributed by atoms with Crippen molar-refractivity contribution in [2.24, 2.45) is 0 Å². The highest BCUT2D eigenvalue weighted by Gasteiger charge is 1.82. The lowest BCUT2D eigenvalue weighted by molar-refractivity contribution is 0.198. The highest BCUT2D eigenvalue weighted by molar-refractivity contribution is 5.65. The van der Waals surface area contributed by atoms with Crippen LogP contribution in [0.4, 0.5) is 4.79 Å². The van der Waals surface area contributed by atoms with Crippen LogP contribution in [0.25, 0.3) is 0 Å². The molecule has 0 spiro atoms. The summed E-state index contributed by atoms with van der Waals surface area (Å²) in [6.45, 7) is 1.85. The van der Waals surface area contributed by atoms with E-state index in [4.69, 9.17) is 5.11 Å². The van der Waals surface area contributed by atoms with Crippen LogP contribution in [-0.4, -0.2) is 11.2 Å². The second-order valence-electron chi connectivity index (χ2n) is 1.33. The SMILES string of the molecule is C/C=C/C=C/NC(=O)O. The van der Waals surface area contributed by atoms with Crippen LogP contribution in [0.3, 0.4) is 0 Å². The number of allylic oxidation sites excluding steroid dienone is 3. The number of carbonyl (C=O) groups is 1. The first-order valence-electron chi connectivity index (χ1n) is 2.54. The third-order valence-electron chi connectivity index (χ3n) is 0.607. The minimum absolute atomic E-state index is 1.05. The lowest BCUT2D eigenvalue weighted by Crippen LogP contribution is -2.12. The predicted molar refractivity (Wildman–Crippen MR) is 35.1 cm³/mol. The summed E-state index contributed by atoms with van der Waals surface area (Å²) in [5.41, 5.74) is 0. The van der Waals surface area contributed by atoms with Gasteiger partial charge < -0.3 is 5.11 Å². The zero-order chi connectivity index (χ0) is 7.11. The van der Waals surface area contributed by atoms with E-state index in [1.54, 1.807) is 18.2 Å². The van der Waals surface area contributed by atoms with E-state index in [0.717, 1.165) is 0 Å². The Bertz CT molecular complexity index is 138. The van der Waals surface area contributed by atoms with Crippen molar-refractivity contribution in [3.63, 3.8) is 0 Å². The van der Waals surface area contributed by atoms with Gasteiger partial charge in [0.15, 0.2) is 0 Å². The Balaban J connectivity index is 3.36. The van der Waals surface area contributed by atoms with Gasteiger partial charge in [0, 0.05) is 6.20 Å². The van der Waals surface area contributed by atoms with Crippen molar-refractivity contribution in [2.45, 2.75) is 6.92 Å². The van der Waals surface area contributed by atoms with Crippen LogP contribution >= 0.6 is 0 Å². The lowest BCUT2D eigenvalue weighted by atomic mass is 10.5. The van der Waals surface area contributed by atoms with E-state index < -0.39 is 6.09 Å². The van der Waals surface area contributed by atoms with Crippen molar-refractivity contribution in [3.05, 3.63) is 24.4 Å². The summed E-state index contributed by atoms with van der Waals surface area (Å²) < 4.78 is 0. The molecule has 0 atom stereocenters. The van der Waals surface area contributed by atoms with Gasteiger partial charge in [0.1, 0.15) is 0 Å². The molecule has 0 unspecified atom stereocenters. The molecule has 0 aromatic carbocycles. The molecule has 0 saturated heterocycles. The van der Waals surface area contributed by atoms with Crippen LogP contribution in [0.1, 0.15) is 6.92 Å². The predicted octanol–water partition coefficient (Wildman–Crippen LogP) is 1.34. The first kappa shape index (κ1) is 7.75. The normalized spacial score (nSPS) is 10.8. The molecular formula is C6H9NO2. The van der Waals surface area contributed by atoms with E-state index in [9.17, 15) is 4.79 Å². The summed E-state index contributed by atoms with van der Waals surface area (Å²) in [7, 11) is 0. The van der Waals surface area contributed by atoms with Crippen molar-refractivity contribution in [3.8, 4) is 0 Å². The maximum absolute atomic E-state index is 9.78. The smallest absolute Gasteiger partial charge is 0.408 e. The molecule has 0 aliphatic rings. The van der Waals surface area contributed by atoms with Crippen molar-refractivity contribution in [2.75, 3.05) is 0 Å². The zero-order valence-electron chi connectivity index (χ0n) is 5.16. The number of rotatable bonds is 2. The van der Waals surface area contributed by atoms with Crippen LogP contribution in [0.15, 0.2) is 24.4 Å². The molecule has 0 radical (unpaired) electrons. The third kappa shape index (κ3) is 6.75. The molecule has 0 aliphatic carbocycles. The minimum atomic E-state index is -1.05. The van der Waals surface area contributed by atoms with Gasteiger partial charge in [0.25, 0.3) is 0 Å². The molecule has 0 rings (SSSR count). The molecule has 0 aliphatic heterocycles. The summed E-state index contributed by atoms with van der Waals surface area (Å²) >= 11 is 0. The largest absolute Gasteiger partial charge is 0.465 e. The summed E-state index contributed by atoms with van der Waals surface area (Å²) in [4.78, 5) is 9.78. The van der Waals surface area contributed by atoms with E-state index in [-0.39, 0.29) is 0 Å². The average molecular weight is 127 g/mol. The number of amides is 1. The van der Waals surface area contributed by atoms with Gasteiger partial charge in [-0.2, -0.15) is 0 Å². The maximum Gasteiger partial charge on any atom is 0.408 e. The molecule has 0 heterocycles. The number of hydrogen-bond donors (Lipinski definition) is 2. The summed E-state index contributed by atoms with van der Waals surface area (Å²) in [5.74, 6) is 0. The highest BCUT2D eigenvalue weighted by Crippen LogP contribution is 1.71. The molecule has 9 heavy (non-hydrogen) atoms. The Hall–Kier alpha value is -1.25. The van der Waals surface area contributed by atoms with Gasteiger partial charge >= 0.3 is 6.09 Å². The molecule has 1 amide bonds. The third-order valence-corrected chi connectivity index (χ3v) is 0.607. The number of carboxylic acid groups (broad SMARTS) is 1. The molecule has 0 saturated carbocycles. The van der Waals surface area contributed by atoms with Crippen LogP contribution in [0.2, 0.25) is 0 Å². The van der Waals surface area contributed by atoms with Crippen molar-refractivity contribution in [1.82, 2.24) is 5.32 Å². The van der Waals surface area contributed by atoms with Crippen molar-refractivity contribution >= 4 is 6.09 Å². The maximum atomic E-state index is 9.78. The number of hydrogen-bond acceptors (Lipinski definition) is 1. The Morgan fingerprint density at radius 3 is 2.67 bits per heavy atom. The molecule has 0 fully saturated rings. The fourth-order valence-electron chi connectivity index (χ4n) is 0.286. The molecule has 3 heteroatoms. The number of nitrogens with one attached hydrogen (secondary N) is 1. The Morgan fingerprint density at radius 2 is 2.22 bits per heavy atom. The zero-order valence-corrected chi connectivity index (χ0v) is 5.16. The van der Waals surface area contributed by atoms with E-state index in [1.165, 1.54) is 6.20 Å². The topological polar surface area (TPSA) is 49.3 Å².